The maximum absolute atomic E-state index is 2.56. The summed E-state index contributed by atoms with van der Waals surface area (Å²) in [6, 6.07) is 50.1. The van der Waals surface area contributed by atoms with E-state index in [2.05, 4.69) is 133 Å². The van der Waals surface area contributed by atoms with Gasteiger partial charge in [-0.05, 0) is 67.2 Å². The van der Waals surface area contributed by atoms with Crippen LogP contribution in [0.15, 0.2) is 133 Å². The third kappa shape index (κ3) is 2.90. The molecule has 0 radical (unpaired) electrons. The fourth-order valence-corrected chi connectivity index (χ4v) is 11.2. The third-order valence-corrected chi connectivity index (χ3v) is 12.5. The van der Waals surface area contributed by atoms with Gasteiger partial charge in [-0.2, -0.15) is 0 Å². The minimum atomic E-state index is -0.602. The van der Waals surface area contributed by atoms with Gasteiger partial charge in [0.1, 0.15) is 0 Å². The summed E-state index contributed by atoms with van der Waals surface area (Å²) in [5, 5.41) is 17.2. The van der Waals surface area contributed by atoms with E-state index in [1.807, 2.05) is 0 Å². The van der Waals surface area contributed by atoms with E-state index in [1.54, 1.807) is 0 Å². The van der Waals surface area contributed by atoms with Crippen LogP contribution in [0.25, 0.3) is 63.4 Å². The summed E-state index contributed by atoms with van der Waals surface area (Å²) >= 11 is 0. The van der Waals surface area contributed by atoms with Gasteiger partial charge in [-0.1, -0.05) is 124 Å². The molecular weight excluding hydrogens is 470 g/mol. The molecule has 2 aromatic heterocycles. The molecule has 0 nitrogen and oxygen atoms in total. The van der Waals surface area contributed by atoms with Crippen LogP contribution in [-0.4, -0.2) is 0 Å². The Balaban J connectivity index is 1.61. The Morgan fingerprint density at radius 2 is 0.750 bits per heavy atom. The van der Waals surface area contributed by atoms with Crippen LogP contribution in [0.1, 0.15) is 0 Å². The van der Waals surface area contributed by atoms with E-state index in [4.69, 9.17) is 0 Å². The molecule has 2 unspecified atom stereocenters. The van der Waals surface area contributed by atoms with E-state index in [-0.39, 0.29) is 0 Å². The van der Waals surface area contributed by atoms with E-state index in [1.165, 1.54) is 63.4 Å². The zero-order valence-corrected chi connectivity index (χ0v) is 21.4. The van der Waals surface area contributed by atoms with Gasteiger partial charge >= 0.3 is 0 Å². The monoisotopic (exact) mass is 492 g/mol. The Hall–Kier alpha value is -3.82. The molecule has 0 aliphatic rings. The average molecular weight is 492 g/mol. The molecule has 8 rings (SSSR count). The van der Waals surface area contributed by atoms with E-state index in [0.717, 1.165) is 0 Å². The van der Waals surface area contributed by atoms with Gasteiger partial charge in [0.15, 0.2) is 0 Å². The van der Waals surface area contributed by atoms with Gasteiger partial charge in [0.05, 0.1) is 0 Å². The maximum Gasteiger partial charge on any atom is 0.00751 e. The molecule has 8 aromatic rings. The van der Waals surface area contributed by atoms with Crippen LogP contribution in [-0.2, 0) is 0 Å². The number of hydrogen-bond acceptors (Lipinski definition) is 0. The molecule has 6 aromatic carbocycles. The van der Waals surface area contributed by atoms with Crippen LogP contribution < -0.4 is 0 Å². The minimum absolute atomic E-state index is 0.564. The van der Waals surface area contributed by atoms with Crippen molar-refractivity contribution in [2.24, 2.45) is 0 Å². The first kappa shape index (κ1) is 20.4. The van der Waals surface area contributed by atoms with Crippen molar-refractivity contribution in [2.45, 2.75) is 0 Å². The van der Waals surface area contributed by atoms with E-state index < -0.39 is 15.1 Å². The van der Waals surface area contributed by atoms with Gasteiger partial charge < -0.3 is 0 Å². The molecule has 36 heavy (non-hydrogen) atoms. The van der Waals surface area contributed by atoms with Gasteiger partial charge in [-0.25, -0.2) is 0 Å². The lowest BCUT2D eigenvalue weighted by molar-refractivity contribution is 1.76. The van der Waals surface area contributed by atoms with Gasteiger partial charge in [-0.15, -0.1) is 0 Å². The normalized spacial score (nSPS) is 12.9. The Morgan fingerprint density at radius 1 is 0.306 bits per heavy atom. The molecule has 0 fully saturated rings. The van der Waals surface area contributed by atoms with Crippen LogP contribution in [0.5, 0.6) is 0 Å². The van der Waals surface area contributed by atoms with Gasteiger partial charge in [-0.3, -0.25) is 0 Å². The fourth-order valence-electron chi connectivity index (χ4n) is 5.87. The van der Waals surface area contributed by atoms with Crippen LogP contribution in [0, 0.1) is 0 Å². The highest BCUT2D eigenvalue weighted by molar-refractivity contribution is 7.69. The Labute approximate surface area is 211 Å². The highest BCUT2D eigenvalue weighted by atomic mass is 31.1. The first-order valence-corrected chi connectivity index (χ1v) is 15.1. The summed E-state index contributed by atoms with van der Waals surface area (Å²) in [7, 11) is -1.17. The summed E-state index contributed by atoms with van der Waals surface area (Å²) in [4.78, 5) is 0. The SMILES string of the molecule is c1ccc(-p2c3ccccc3c3cc4c(cc32)c2cc3ccccc3cc2p4-c2ccccc2)cc1. The number of rotatable bonds is 2. The second-order valence-electron chi connectivity index (χ2n) is 9.46. The molecule has 0 bridgehead atoms. The lowest BCUT2D eigenvalue weighted by Gasteiger charge is -2.05. The van der Waals surface area contributed by atoms with Crippen LogP contribution in [0.2, 0.25) is 0 Å². The molecular formula is C34H22P2. The van der Waals surface area contributed by atoms with Crippen molar-refractivity contribution in [2.75, 3.05) is 0 Å². The molecule has 2 atom stereocenters. The zero-order chi connectivity index (χ0) is 23.6. The molecule has 168 valence electrons. The topological polar surface area (TPSA) is 0 Å². The standard InChI is InChI=1S/C34H22P2/c1-3-13-25(14-4-1)35-31-18-10-9-17-27(31)29-21-34-30(22-33(29)35)28-19-23-11-7-8-12-24(23)20-32(28)36(34)26-15-5-2-6-16-26/h1-22H. The first-order chi connectivity index (χ1) is 17.9. The second kappa shape index (κ2) is 7.84. The predicted octanol–water partition coefficient (Wildman–Crippen LogP) is 11.4. The molecule has 0 spiro atoms. The lowest BCUT2D eigenvalue weighted by Crippen LogP contribution is -1.72. The van der Waals surface area contributed by atoms with Crippen molar-refractivity contribution >= 4 is 67.9 Å². The van der Waals surface area contributed by atoms with Crippen molar-refractivity contribution in [1.29, 1.82) is 0 Å². The van der Waals surface area contributed by atoms with Crippen molar-refractivity contribution in [3.8, 4) is 10.6 Å². The Kier molecular flexibility index (Phi) is 4.44. The van der Waals surface area contributed by atoms with E-state index >= 15 is 0 Å². The van der Waals surface area contributed by atoms with Gasteiger partial charge in [0.2, 0.25) is 0 Å². The zero-order valence-electron chi connectivity index (χ0n) is 19.6. The number of hydrogen-bond donors (Lipinski definition) is 0. The second-order valence-corrected chi connectivity index (χ2v) is 13.8. The first-order valence-electron chi connectivity index (χ1n) is 12.4. The van der Waals surface area contributed by atoms with Crippen LogP contribution >= 0.6 is 15.1 Å². The van der Waals surface area contributed by atoms with E-state index in [0.29, 0.717) is 0 Å². The summed E-state index contributed by atoms with van der Waals surface area (Å²) < 4.78 is 0. The molecule has 0 aliphatic carbocycles. The minimum Gasteiger partial charge on any atom is -0.0772 e. The average Bonchev–Trinajstić information content (AvgIpc) is 3.43. The van der Waals surface area contributed by atoms with Crippen molar-refractivity contribution < 1.29 is 0 Å². The lowest BCUT2D eigenvalue weighted by atomic mass is 10.1. The summed E-state index contributed by atoms with van der Waals surface area (Å²) in [5.41, 5.74) is 0. The van der Waals surface area contributed by atoms with Crippen molar-refractivity contribution in [1.82, 2.24) is 0 Å². The van der Waals surface area contributed by atoms with Gasteiger partial charge in [0.25, 0.3) is 0 Å². The third-order valence-electron chi connectivity index (χ3n) is 7.45. The van der Waals surface area contributed by atoms with Crippen molar-refractivity contribution in [3.63, 3.8) is 0 Å². The largest absolute Gasteiger partial charge is 0.0772 e. The highest BCUT2D eigenvalue weighted by Crippen LogP contribution is 2.60. The predicted molar refractivity (Wildman–Crippen MR) is 162 cm³/mol. The quantitative estimate of drug-likeness (QED) is 0.225. The molecule has 2 heteroatoms. The summed E-state index contributed by atoms with van der Waals surface area (Å²) in [6.45, 7) is 0. The highest BCUT2D eigenvalue weighted by Gasteiger charge is 2.19. The molecule has 0 saturated heterocycles. The summed E-state index contributed by atoms with van der Waals surface area (Å²) in [6.07, 6.45) is 0. The molecule has 0 amide bonds. The fraction of sp³-hybridized carbons (Fsp3) is 0. The maximum atomic E-state index is 2.56. The van der Waals surface area contributed by atoms with Crippen LogP contribution in [0.4, 0.5) is 0 Å². The number of fused-ring (bicyclic) bond motifs is 7. The molecule has 2 heterocycles. The molecule has 0 saturated carbocycles. The molecule has 0 N–H and O–H groups in total. The molecule has 0 aliphatic heterocycles. The van der Waals surface area contributed by atoms with Gasteiger partial charge in [0, 0.05) is 20.5 Å². The Bertz CT molecular complexity index is 2080. The Morgan fingerprint density at radius 3 is 1.42 bits per heavy atom. The van der Waals surface area contributed by atoms with Crippen molar-refractivity contribution in [3.05, 3.63) is 133 Å². The smallest absolute Gasteiger partial charge is 0.00751 e. The van der Waals surface area contributed by atoms with Crippen LogP contribution in [0.3, 0.4) is 0 Å². The van der Waals surface area contributed by atoms with E-state index in [9.17, 15) is 0 Å². The summed E-state index contributed by atoms with van der Waals surface area (Å²) in [5.74, 6) is 0. The number of benzene rings is 6.